The molecule has 1 heterocycles. The summed E-state index contributed by atoms with van der Waals surface area (Å²) in [6.07, 6.45) is 0. The van der Waals surface area contributed by atoms with Crippen molar-refractivity contribution in [1.82, 2.24) is 14.8 Å². The van der Waals surface area contributed by atoms with Crippen LogP contribution in [0.3, 0.4) is 0 Å². The summed E-state index contributed by atoms with van der Waals surface area (Å²) in [5, 5.41) is 20.5. The summed E-state index contributed by atoms with van der Waals surface area (Å²) in [4.78, 5) is 11.2. The fourth-order valence-electron chi connectivity index (χ4n) is 3.61. The van der Waals surface area contributed by atoms with Crippen molar-refractivity contribution in [2.45, 2.75) is 23.9 Å². The van der Waals surface area contributed by atoms with Crippen molar-refractivity contribution in [3.05, 3.63) is 103 Å². The number of aromatic nitrogens is 3. The lowest BCUT2D eigenvalue weighted by Crippen LogP contribution is -2.12. The zero-order chi connectivity index (χ0) is 26.5. The smallest absolute Gasteiger partial charge is 0.220 e. The van der Waals surface area contributed by atoms with Crippen LogP contribution in [0.15, 0.2) is 70.3 Å². The second kappa shape index (κ2) is 11.9. The van der Waals surface area contributed by atoms with Gasteiger partial charge in [-0.25, -0.2) is 4.39 Å². The Morgan fingerprint density at radius 3 is 2.59 bits per heavy atom. The molecule has 0 fully saturated rings. The average Bonchev–Trinajstić information content (AvgIpc) is 3.23. The first-order valence-electron chi connectivity index (χ1n) is 11.0. The van der Waals surface area contributed by atoms with Gasteiger partial charge in [0.15, 0.2) is 16.7 Å². The number of ether oxygens (including phenoxy) is 2. The minimum absolute atomic E-state index is 0.0163. The molecule has 4 rings (SSSR count). The highest BCUT2D eigenvalue weighted by Crippen LogP contribution is 2.43. The van der Waals surface area contributed by atoms with Gasteiger partial charge in [0.05, 0.1) is 11.6 Å². The molecule has 1 atom stereocenters. The fourth-order valence-corrected chi connectivity index (χ4v) is 5.47. The molecule has 192 valence electrons. The zero-order valence-electron chi connectivity index (χ0n) is 19.7. The maximum Gasteiger partial charge on any atom is 0.220 e. The van der Waals surface area contributed by atoms with E-state index in [1.54, 1.807) is 49.4 Å². The number of benzene rings is 3. The second-order valence-corrected chi connectivity index (χ2v) is 10.3. The summed E-state index contributed by atoms with van der Waals surface area (Å²) in [5.41, 5.74) is 1.79. The maximum atomic E-state index is 14.0. The first-order chi connectivity index (χ1) is 17.8. The molecular weight excluding hydrogens is 587 g/mol. The van der Waals surface area contributed by atoms with Crippen LogP contribution in [0.4, 0.5) is 4.39 Å². The second-order valence-electron chi connectivity index (χ2n) is 7.88. The van der Waals surface area contributed by atoms with Crippen LogP contribution in [0.25, 0.3) is 5.69 Å². The SMILES string of the molecule is COc1cc([C@H](C[N+](=O)[O-])Sc2nnc(C)n2-c2ccc(Cl)cc2)cc(Br)c1OCc1ccccc1F. The largest absolute Gasteiger partial charge is 0.493 e. The molecule has 3 aromatic carbocycles. The van der Waals surface area contributed by atoms with Gasteiger partial charge in [0.2, 0.25) is 6.54 Å². The highest BCUT2D eigenvalue weighted by molar-refractivity contribution is 9.10. The van der Waals surface area contributed by atoms with E-state index >= 15 is 0 Å². The van der Waals surface area contributed by atoms with Gasteiger partial charge in [0, 0.05) is 21.2 Å². The molecule has 0 bridgehead atoms. The number of hydrogen-bond donors (Lipinski definition) is 0. The third-order valence-corrected chi connectivity index (χ3v) is 7.42. The highest BCUT2D eigenvalue weighted by atomic mass is 79.9. The lowest BCUT2D eigenvalue weighted by molar-refractivity contribution is -0.479. The lowest BCUT2D eigenvalue weighted by Gasteiger charge is -2.18. The van der Waals surface area contributed by atoms with Gasteiger partial charge < -0.3 is 9.47 Å². The Hall–Kier alpha value is -3.15. The maximum absolute atomic E-state index is 14.0. The standard InChI is InChI=1S/C25H21BrClFN4O4S/c1-15-29-30-25(32(15)19-9-7-18(27)8-10-19)37-23(13-31(33)34)17-11-20(26)24(22(12-17)35-2)36-14-16-5-3-4-6-21(16)28/h3-12,23H,13-14H2,1-2H3/t23-/m0/s1. The van der Waals surface area contributed by atoms with E-state index in [0.29, 0.717) is 43.1 Å². The molecule has 1 aromatic heterocycles. The van der Waals surface area contributed by atoms with E-state index in [0.717, 1.165) is 5.69 Å². The predicted molar refractivity (Wildman–Crippen MR) is 143 cm³/mol. The van der Waals surface area contributed by atoms with Crippen molar-refractivity contribution in [2.75, 3.05) is 13.7 Å². The van der Waals surface area contributed by atoms with Crippen molar-refractivity contribution in [3.8, 4) is 17.2 Å². The molecule has 12 heteroatoms. The molecule has 0 unspecified atom stereocenters. The first-order valence-corrected chi connectivity index (χ1v) is 13.0. The minimum atomic E-state index is -0.629. The molecule has 4 aromatic rings. The Morgan fingerprint density at radius 1 is 1.19 bits per heavy atom. The van der Waals surface area contributed by atoms with Crippen molar-refractivity contribution in [1.29, 1.82) is 0 Å². The monoisotopic (exact) mass is 606 g/mol. The van der Waals surface area contributed by atoms with Crippen LogP contribution in [0.5, 0.6) is 11.5 Å². The van der Waals surface area contributed by atoms with Gasteiger partial charge >= 0.3 is 0 Å². The Balaban J connectivity index is 1.66. The number of thioether (sulfide) groups is 1. The molecule has 0 aliphatic carbocycles. The normalized spacial score (nSPS) is 11.8. The van der Waals surface area contributed by atoms with Crippen LogP contribution in [-0.4, -0.2) is 33.3 Å². The van der Waals surface area contributed by atoms with Gasteiger partial charge in [-0.3, -0.25) is 14.7 Å². The Bertz CT molecular complexity index is 1420. The Labute approximate surface area is 230 Å². The molecule has 37 heavy (non-hydrogen) atoms. The van der Waals surface area contributed by atoms with E-state index < -0.39 is 5.25 Å². The average molecular weight is 608 g/mol. The molecule has 8 nitrogen and oxygen atoms in total. The molecular formula is C25H21BrClFN4O4S. The van der Waals surface area contributed by atoms with Gasteiger partial charge in [-0.2, -0.15) is 0 Å². The summed E-state index contributed by atoms with van der Waals surface area (Å²) in [5.74, 6) is 0.960. The number of nitro groups is 1. The van der Waals surface area contributed by atoms with E-state index in [-0.39, 0.29) is 23.9 Å². The summed E-state index contributed by atoms with van der Waals surface area (Å²) in [7, 11) is 1.47. The lowest BCUT2D eigenvalue weighted by atomic mass is 10.1. The third kappa shape index (κ3) is 6.41. The van der Waals surface area contributed by atoms with Gasteiger partial charge in [0.25, 0.3) is 0 Å². The van der Waals surface area contributed by atoms with Gasteiger partial charge in [-0.15, -0.1) is 10.2 Å². The van der Waals surface area contributed by atoms with Crippen molar-refractivity contribution in [2.24, 2.45) is 0 Å². The molecule has 0 aliphatic heterocycles. The van der Waals surface area contributed by atoms with Gasteiger partial charge in [-0.1, -0.05) is 41.6 Å². The third-order valence-electron chi connectivity index (χ3n) is 5.40. The summed E-state index contributed by atoms with van der Waals surface area (Å²) in [6, 6.07) is 16.9. The summed E-state index contributed by atoms with van der Waals surface area (Å²) >= 11 is 10.7. The molecule has 0 saturated carbocycles. The zero-order valence-corrected chi connectivity index (χ0v) is 22.9. The number of aryl methyl sites for hydroxylation is 1. The van der Waals surface area contributed by atoms with Crippen LogP contribution in [0, 0.1) is 22.9 Å². The topological polar surface area (TPSA) is 92.3 Å². The Morgan fingerprint density at radius 2 is 1.92 bits per heavy atom. The molecule has 0 spiro atoms. The fraction of sp³-hybridized carbons (Fsp3) is 0.200. The van der Waals surface area contributed by atoms with Gasteiger partial charge in [-0.05, 0) is 70.9 Å². The molecule has 0 amide bonds. The molecule has 0 saturated heterocycles. The van der Waals surface area contributed by atoms with Crippen molar-refractivity contribution >= 4 is 39.3 Å². The van der Waals surface area contributed by atoms with Crippen LogP contribution in [0.1, 0.15) is 22.2 Å². The van der Waals surface area contributed by atoms with Gasteiger partial charge in [0.1, 0.15) is 23.5 Å². The number of rotatable bonds is 10. The quantitative estimate of drug-likeness (QED) is 0.111. The van der Waals surface area contributed by atoms with Crippen LogP contribution in [0.2, 0.25) is 5.02 Å². The number of nitrogens with zero attached hydrogens (tertiary/aromatic N) is 4. The van der Waals surface area contributed by atoms with Crippen LogP contribution < -0.4 is 9.47 Å². The Kier molecular flexibility index (Phi) is 8.67. The van der Waals surface area contributed by atoms with E-state index in [9.17, 15) is 14.5 Å². The highest BCUT2D eigenvalue weighted by Gasteiger charge is 2.26. The van der Waals surface area contributed by atoms with E-state index in [1.165, 1.54) is 24.9 Å². The minimum Gasteiger partial charge on any atom is -0.493 e. The summed E-state index contributed by atoms with van der Waals surface area (Å²) < 4.78 is 27.8. The van der Waals surface area contributed by atoms with E-state index in [4.69, 9.17) is 21.1 Å². The number of methoxy groups -OCH3 is 1. The van der Waals surface area contributed by atoms with Crippen molar-refractivity contribution in [3.63, 3.8) is 0 Å². The number of halogens is 3. The van der Waals surface area contributed by atoms with E-state index in [2.05, 4.69) is 26.1 Å². The summed E-state index contributed by atoms with van der Waals surface area (Å²) in [6.45, 7) is 1.41. The number of hydrogen-bond acceptors (Lipinski definition) is 7. The van der Waals surface area contributed by atoms with E-state index in [1.807, 2.05) is 16.7 Å². The molecule has 0 radical (unpaired) electrons. The predicted octanol–water partition coefficient (Wildman–Crippen LogP) is 6.83. The van der Waals surface area contributed by atoms with Crippen molar-refractivity contribution < 1.29 is 18.8 Å². The van der Waals surface area contributed by atoms with Crippen LogP contribution in [-0.2, 0) is 6.61 Å². The van der Waals surface area contributed by atoms with Crippen LogP contribution >= 0.6 is 39.3 Å². The molecule has 0 N–H and O–H groups in total. The first kappa shape index (κ1) is 26.9. The molecule has 0 aliphatic rings.